The molecule has 0 saturated carbocycles. The van der Waals surface area contributed by atoms with Crippen LogP contribution < -0.4 is 0 Å². The molecular formula is C21H25N5O. The molecule has 3 heterocycles. The number of amides is 1. The number of piperidine rings is 1. The minimum absolute atomic E-state index is 0.0250. The maximum Gasteiger partial charge on any atom is 0.274 e. The molecule has 1 fully saturated rings. The molecule has 1 saturated heterocycles. The fraction of sp³-hybridized carbons (Fsp3) is 0.381. The summed E-state index contributed by atoms with van der Waals surface area (Å²) < 4.78 is 2.23. The number of imidazole rings is 1. The van der Waals surface area contributed by atoms with Gasteiger partial charge in [-0.2, -0.15) is 5.10 Å². The lowest BCUT2D eigenvalue weighted by molar-refractivity contribution is 0.0704. The number of aryl methyl sites for hydroxylation is 1. The van der Waals surface area contributed by atoms with Gasteiger partial charge in [-0.15, -0.1) is 0 Å². The van der Waals surface area contributed by atoms with Crippen LogP contribution in [0.15, 0.2) is 48.8 Å². The summed E-state index contributed by atoms with van der Waals surface area (Å²) in [5.74, 6) is 1.54. The molecule has 140 valence electrons. The first kappa shape index (κ1) is 17.5. The van der Waals surface area contributed by atoms with Crippen molar-refractivity contribution in [2.75, 3.05) is 13.1 Å². The van der Waals surface area contributed by atoms with E-state index in [1.165, 1.54) is 5.56 Å². The second-order valence-corrected chi connectivity index (χ2v) is 7.10. The summed E-state index contributed by atoms with van der Waals surface area (Å²) in [5.41, 5.74) is 2.79. The Balaban J connectivity index is 1.40. The van der Waals surface area contributed by atoms with Crippen LogP contribution in [0.5, 0.6) is 0 Å². The maximum absolute atomic E-state index is 12.7. The lowest BCUT2D eigenvalue weighted by Crippen LogP contribution is -2.38. The van der Waals surface area contributed by atoms with Crippen LogP contribution in [0.4, 0.5) is 0 Å². The number of benzene rings is 1. The highest BCUT2D eigenvalue weighted by Gasteiger charge is 2.28. The van der Waals surface area contributed by atoms with Crippen molar-refractivity contribution in [1.82, 2.24) is 24.6 Å². The quantitative estimate of drug-likeness (QED) is 0.757. The molecule has 0 aliphatic carbocycles. The van der Waals surface area contributed by atoms with Gasteiger partial charge in [0.1, 0.15) is 11.5 Å². The van der Waals surface area contributed by atoms with E-state index in [0.717, 1.165) is 50.4 Å². The van der Waals surface area contributed by atoms with E-state index in [4.69, 9.17) is 0 Å². The summed E-state index contributed by atoms with van der Waals surface area (Å²) >= 11 is 0. The number of carbonyl (C=O) groups is 1. The monoisotopic (exact) mass is 363 g/mol. The van der Waals surface area contributed by atoms with Crippen molar-refractivity contribution in [3.05, 3.63) is 71.6 Å². The molecule has 0 bridgehead atoms. The number of H-pyrrole nitrogens is 1. The summed E-state index contributed by atoms with van der Waals surface area (Å²) in [5, 5.41) is 7.09. The lowest BCUT2D eigenvalue weighted by atomic mass is 9.95. The van der Waals surface area contributed by atoms with E-state index in [1.807, 2.05) is 30.2 Å². The molecular weight excluding hydrogens is 338 g/mol. The summed E-state index contributed by atoms with van der Waals surface area (Å²) in [6, 6.07) is 12.3. The summed E-state index contributed by atoms with van der Waals surface area (Å²) in [6.45, 7) is 4.37. The van der Waals surface area contributed by atoms with E-state index in [0.29, 0.717) is 11.6 Å². The standard InChI is InChI=1S/C21H25N5O/c1-2-18-14-19(24-23-18)21(27)25-11-8-17(9-12-25)20-22-10-13-26(20)15-16-6-4-3-5-7-16/h3-7,10,13-14,17H,2,8-9,11-12,15H2,1H3,(H,23,24). The van der Waals surface area contributed by atoms with Crippen molar-refractivity contribution in [1.29, 1.82) is 0 Å². The highest BCUT2D eigenvalue weighted by molar-refractivity contribution is 5.92. The van der Waals surface area contributed by atoms with Crippen molar-refractivity contribution < 1.29 is 4.79 Å². The van der Waals surface area contributed by atoms with Crippen molar-refractivity contribution in [2.24, 2.45) is 0 Å². The van der Waals surface area contributed by atoms with Crippen LogP contribution in [-0.2, 0) is 13.0 Å². The number of hydrogen-bond acceptors (Lipinski definition) is 3. The number of nitrogens with zero attached hydrogens (tertiary/aromatic N) is 4. The molecule has 1 aliphatic rings. The van der Waals surface area contributed by atoms with Gasteiger partial charge in [0.2, 0.25) is 0 Å². The Morgan fingerprint density at radius 3 is 2.70 bits per heavy atom. The molecule has 0 spiro atoms. The number of nitrogens with one attached hydrogen (secondary N) is 1. The molecule has 2 aromatic heterocycles. The fourth-order valence-electron chi connectivity index (χ4n) is 3.75. The zero-order valence-corrected chi connectivity index (χ0v) is 15.6. The number of carbonyl (C=O) groups excluding carboxylic acids is 1. The SMILES string of the molecule is CCc1cc(C(=O)N2CCC(c3nccn3Cc3ccccc3)CC2)n[nH]1. The molecule has 1 aromatic carbocycles. The number of aromatic nitrogens is 4. The average Bonchev–Trinajstić information content (AvgIpc) is 3.38. The molecule has 6 nitrogen and oxygen atoms in total. The smallest absolute Gasteiger partial charge is 0.274 e. The number of rotatable bonds is 5. The average molecular weight is 363 g/mol. The third kappa shape index (κ3) is 3.79. The van der Waals surface area contributed by atoms with Crippen molar-refractivity contribution in [3.63, 3.8) is 0 Å². The first-order chi connectivity index (χ1) is 13.2. The second-order valence-electron chi connectivity index (χ2n) is 7.10. The first-order valence-electron chi connectivity index (χ1n) is 9.63. The lowest BCUT2D eigenvalue weighted by Gasteiger charge is -2.31. The van der Waals surface area contributed by atoms with E-state index >= 15 is 0 Å². The van der Waals surface area contributed by atoms with Gasteiger partial charge < -0.3 is 9.47 Å². The van der Waals surface area contributed by atoms with Gasteiger partial charge in [-0.1, -0.05) is 37.3 Å². The highest BCUT2D eigenvalue weighted by atomic mass is 16.2. The Kier molecular flexibility index (Phi) is 5.05. The third-order valence-corrected chi connectivity index (χ3v) is 5.32. The first-order valence-corrected chi connectivity index (χ1v) is 9.63. The Labute approximate surface area is 159 Å². The predicted octanol–water partition coefficient (Wildman–Crippen LogP) is 3.24. The Bertz CT molecular complexity index is 890. The molecule has 1 amide bonds. The van der Waals surface area contributed by atoms with E-state index < -0.39 is 0 Å². The minimum Gasteiger partial charge on any atom is -0.337 e. The van der Waals surface area contributed by atoms with Gasteiger partial charge in [0.25, 0.3) is 5.91 Å². The van der Waals surface area contributed by atoms with Crippen LogP contribution >= 0.6 is 0 Å². The van der Waals surface area contributed by atoms with Gasteiger partial charge in [0.15, 0.2) is 0 Å². The molecule has 0 unspecified atom stereocenters. The molecule has 27 heavy (non-hydrogen) atoms. The van der Waals surface area contributed by atoms with Crippen LogP contribution in [0.3, 0.4) is 0 Å². The number of aromatic amines is 1. The zero-order chi connectivity index (χ0) is 18.6. The van der Waals surface area contributed by atoms with Gasteiger partial charge >= 0.3 is 0 Å². The molecule has 0 atom stereocenters. The van der Waals surface area contributed by atoms with E-state index in [2.05, 4.69) is 50.2 Å². The van der Waals surface area contributed by atoms with E-state index in [9.17, 15) is 4.79 Å². The van der Waals surface area contributed by atoms with Crippen LogP contribution in [0, 0.1) is 0 Å². The van der Waals surface area contributed by atoms with Crippen molar-refractivity contribution >= 4 is 5.91 Å². The minimum atomic E-state index is 0.0250. The summed E-state index contributed by atoms with van der Waals surface area (Å²) in [4.78, 5) is 19.2. The normalized spacial score (nSPS) is 15.2. The Morgan fingerprint density at radius 2 is 2.00 bits per heavy atom. The second kappa shape index (κ2) is 7.78. The van der Waals surface area contributed by atoms with Crippen LogP contribution in [0.2, 0.25) is 0 Å². The predicted molar refractivity (Wildman–Crippen MR) is 104 cm³/mol. The maximum atomic E-state index is 12.7. The molecule has 4 rings (SSSR count). The number of hydrogen-bond donors (Lipinski definition) is 1. The molecule has 1 N–H and O–H groups in total. The molecule has 6 heteroatoms. The van der Waals surface area contributed by atoms with Crippen molar-refractivity contribution in [2.45, 2.75) is 38.6 Å². The van der Waals surface area contributed by atoms with Gasteiger partial charge in [-0.05, 0) is 30.9 Å². The Morgan fingerprint density at radius 1 is 1.22 bits per heavy atom. The van der Waals surface area contributed by atoms with Gasteiger partial charge in [-0.25, -0.2) is 4.98 Å². The van der Waals surface area contributed by atoms with Gasteiger partial charge in [0, 0.05) is 43.6 Å². The largest absolute Gasteiger partial charge is 0.337 e. The van der Waals surface area contributed by atoms with Crippen molar-refractivity contribution in [3.8, 4) is 0 Å². The van der Waals surface area contributed by atoms with E-state index in [-0.39, 0.29) is 5.91 Å². The van der Waals surface area contributed by atoms with Crippen LogP contribution in [-0.4, -0.2) is 43.6 Å². The zero-order valence-electron chi connectivity index (χ0n) is 15.6. The van der Waals surface area contributed by atoms with Crippen LogP contribution in [0.25, 0.3) is 0 Å². The van der Waals surface area contributed by atoms with E-state index in [1.54, 1.807) is 0 Å². The fourth-order valence-corrected chi connectivity index (χ4v) is 3.75. The third-order valence-electron chi connectivity index (χ3n) is 5.32. The molecule has 3 aromatic rings. The summed E-state index contributed by atoms with van der Waals surface area (Å²) in [6.07, 6.45) is 6.65. The highest BCUT2D eigenvalue weighted by Crippen LogP contribution is 2.28. The summed E-state index contributed by atoms with van der Waals surface area (Å²) in [7, 11) is 0. The van der Waals surface area contributed by atoms with Crippen LogP contribution in [0.1, 0.15) is 53.3 Å². The topological polar surface area (TPSA) is 66.8 Å². The molecule has 0 radical (unpaired) electrons. The van der Waals surface area contributed by atoms with Gasteiger partial charge in [-0.3, -0.25) is 9.89 Å². The Hall–Kier alpha value is -2.89. The number of likely N-dealkylation sites (tertiary alicyclic amines) is 1. The molecule has 1 aliphatic heterocycles. The van der Waals surface area contributed by atoms with Gasteiger partial charge in [0.05, 0.1) is 0 Å².